The summed E-state index contributed by atoms with van der Waals surface area (Å²) in [5.41, 5.74) is 0.715. The molecule has 1 aliphatic heterocycles. The van der Waals surface area contributed by atoms with Gasteiger partial charge in [0.2, 0.25) is 0 Å². The standard InChI is InChI=1S/C14H19N5OS/c1-14(11-6-16-18(2)9-11)10-19(4-5-20-14)12-7-15-8-13(17-12)21-3/h6-9H,4-5,10H2,1-3H3/t14-/m1/s1. The molecule has 7 heteroatoms. The Morgan fingerprint density at radius 2 is 2.19 bits per heavy atom. The van der Waals surface area contributed by atoms with Crippen molar-refractivity contribution in [2.24, 2.45) is 7.05 Å². The SMILES string of the molecule is CSc1cncc(N2CCO[C@@](C)(c3cnn(C)c3)C2)n1. The van der Waals surface area contributed by atoms with Crippen LogP contribution in [0.4, 0.5) is 5.82 Å². The summed E-state index contributed by atoms with van der Waals surface area (Å²) in [5.74, 6) is 0.903. The van der Waals surface area contributed by atoms with Crippen LogP contribution >= 0.6 is 11.8 Å². The summed E-state index contributed by atoms with van der Waals surface area (Å²) in [7, 11) is 1.92. The minimum atomic E-state index is -0.371. The van der Waals surface area contributed by atoms with Crippen LogP contribution in [0.2, 0.25) is 0 Å². The normalized spacial score (nSPS) is 22.5. The second kappa shape index (κ2) is 5.65. The van der Waals surface area contributed by atoms with E-state index in [2.05, 4.69) is 26.9 Å². The van der Waals surface area contributed by atoms with Gasteiger partial charge in [0.1, 0.15) is 16.4 Å². The molecule has 3 heterocycles. The number of hydrogen-bond donors (Lipinski definition) is 0. The smallest absolute Gasteiger partial charge is 0.148 e. The van der Waals surface area contributed by atoms with Crippen LogP contribution in [-0.2, 0) is 17.4 Å². The van der Waals surface area contributed by atoms with Crippen molar-refractivity contribution in [2.75, 3.05) is 30.9 Å². The van der Waals surface area contributed by atoms with Gasteiger partial charge in [0.05, 0.1) is 31.7 Å². The Morgan fingerprint density at radius 3 is 2.90 bits per heavy atom. The van der Waals surface area contributed by atoms with Gasteiger partial charge in [-0.2, -0.15) is 5.10 Å². The molecule has 0 aromatic carbocycles. The molecule has 0 N–H and O–H groups in total. The highest BCUT2D eigenvalue weighted by atomic mass is 32.2. The molecule has 1 saturated heterocycles. The predicted octanol–water partition coefficient (Wildman–Crippen LogP) is 1.68. The molecule has 3 rings (SSSR count). The summed E-state index contributed by atoms with van der Waals surface area (Å²) in [6, 6.07) is 0. The third-order valence-electron chi connectivity index (χ3n) is 3.72. The van der Waals surface area contributed by atoms with E-state index in [1.807, 2.05) is 31.9 Å². The molecule has 0 spiro atoms. The van der Waals surface area contributed by atoms with Crippen molar-refractivity contribution in [2.45, 2.75) is 17.6 Å². The van der Waals surface area contributed by atoms with Crippen molar-refractivity contribution in [1.82, 2.24) is 19.7 Å². The quantitative estimate of drug-likeness (QED) is 0.804. The molecule has 21 heavy (non-hydrogen) atoms. The van der Waals surface area contributed by atoms with Gasteiger partial charge >= 0.3 is 0 Å². The number of aromatic nitrogens is 4. The molecule has 2 aromatic rings. The minimum absolute atomic E-state index is 0.371. The Bertz CT molecular complexity index is 631. The average Bonchev–Trinajstić information content (AvgIpc) is 2.95. The fourth-order valence-electron chi connectivity index (χ4n) is 2.52. The van der Waals surface area contributed by atoms with Gasteiger partial charge in [0.25, 0.3) is 0 Å². The number of anilines is 1. The topological polar surface area (TPSA) is 56.1 Å². The van der Waals surface area contributed by atoms with Crippen molar-refractivity contribution in [3.8, 4) is 0 Å². The Balaban J connectivity index is 1.85. The molecule has 1 atom stereocenters. The summed E-state index contributed by atoms with van der Waals surface area (Å²) in [4.78, 5) is 11.1. The van der Waals surface area contributed by atoms with Crippen LogP contribution in [0.3, 0.4) is 0 Å². The largest absolute Gasteiger partial charge is 0.367 e. The van der Waals surface area contributed by atoms with Crippen molar-refractivity contribution in [1.29, 1.82) is 0 Å². The maximum atomic E-state index is 6.02. The number of rotatable bonds is 3. The third kappa shape index (κ3) is 2.89. The van der Waals surface area contributed by atoms with Crippen molar-refractivity contribution in [3.63, 3.8) is 0 Å². The van der Waals surface area contributed by atoms with Gasteiger partial charge in [-0.1, -0.05) is 0 Å². The zero-order chi connectivity index (χ0) is 14.9. The zero-order valence-corrected chi connectivity index (χ0v) is 13.3. The first kappa shape index (κ1) is 14.3. The van der Waals surface area contributed by atoms with E-state index in [4.69, 9.17) is 4.74 Å². The number of ether oxygens (including phenoxy) is 1. The first-order chi connectivity index (χ1) is 10.1. The number of aryl methyl sites for hydroxylation is 1. The van der Waals surface area contributed by atoms with Crippen LogP contribution in [0.15, 0.2) is 29.8 Å². The van der Waals surface area contributed by atoms with E-state index in [1.165, 1.54) is 0 Å². The third-order valence-corrected chi connectivity index (χ3v) is 4.34. The first-order valence-corrected chi connectivity index (χ1v) is 8.07. The number of thioether (sulfide) groups is 1. The molecule has 1 fully saturated rings. The lowest BCUT2D eigenvalue weighted by Crippen LogP contribution is -2.48. The number of nitrogens with zero attached hydrogens (tertiary/aromatic N) is 5. The van der Waals surface area contributed by atoms with Crippen LogP contribution in [0.5, 0.6) is 0 Å². The highest BCUT2D eigenvalue weighted by molar-refractivity contribution is 7.98. The summed E-state index contributed by atoms with van der Waals surface area (Å²) < 4.78 is 7.83. The molecule has 6 nitrogen and oxygen atoms in total. The van der Waals surface area contributed by atoms with E-state index in [0.717, 1.165) is 29.5 Å². The zero-order valence-electron chi connectivity index (χ0n) is 12.5. The van der Waals surface area contributed by atoms with Crippen LogP contribution < -0.4 is 4.90 Å². The average molecular weight is 305 g/mol. The van der Waals surface area contributed by atoms with Gasteiger partial charge < -0.3 is 9.64 Å². The first-order valence-electron chi connectivity index (χ1n) is 6.85. The second-order valence-electron chi connectivity index (χ2n) is 5.32. The van der Waals surface area contributed by atoms with Crippen LogP contribution in [0.25, 0.3) is 0 Å². The second-order valence-corrected chi connectivity index (χ2v) is 6.15. The Labute approximate surface area is 128 Å². The van der Waals surface area contributed by atoms with E-state index in [0.29, 0.717) is 6.61 Å². The van der Waals surface area contributed by atoms with Gasteiger partial charge in [0, 0.05) is 25.4 Å². The van der Waals surface area contributed by atoms with E-state index in [-0.39, 0.29) is 5.60 Å². The lowest BCUT2D eigenvalue weighted by molar-refractivity contribution is -0.0468. The maximum absolute atomic E-state index is 6.02. The summed E-state index contributed by atoms with van der Waals surface area (Å²) in [5, 5.41) is 5.18. The highest BCUT2D eigenvalue weighted by Gasteiger charge is 2.35. The number of morpholine rings is 1. The van der Waals surface area contributed by atoms with Crippen LogP contribution in [0, 0.1) is 0 Å². The van der Waals surface area contributed by atoms with Gasteiger partial charge in [-0.25, -0.2) is 4.98 Å². The summed E-state index contributed by atoms with van der Waals surface area (Å²) >= 11 is 1.60. The molecule has 0 saturated carbocycles. The Hall–Kier alpha value is -1.60. The summed E-state index contributed by atoms with van der Waals surface area (Å²) in [6.07, 6.45) is 9.48. The molecular weight excluding hydrogens is 286 g/mol. The molecule has 1 aliphatic rings. The van der Waals surface area contributed by atoms with Gasteiger partial charge in [-0.05, 0) is 13.2 Å². The molecule has 112 valence electrons. The van der Waals surface area contributed by atoms with E-state index < -0.39 is 0 Å². The fourth-order valence-corrected chi connectivity index (χ4v) is 2.87. The van der Waals surface area contributed by atoms with E-state index in [9.17, 15) is 0 Å². The van der Waals surface area contributed by atoms with Gasteiger partial charge in [0.15, 0.2) is 0 Å². The molecule has 0 radical (unpaired) electrons. The molecule has 0 bridgehead atoms. The minimum Gasteiger partial charge on any atom is -0.367 e. The molecule has 2 aromatic heterocycles. The Morgan fingerprint density at radius 1 is 1.33 bits per heavy atom. The van der Waals surface area contributed by atoms with Crippen molar-refractivity contribution in [3.05, 3.63) is 30.4 Å². The van der Waals surface area contributed by atoms with E-state index >= 15 is 0 Å². The fraction of sp³-hybridized carbons (Fsp3) is 0.500. The van der Waals surface area contributed by atoms with Gasteiger partial charge in [-0.15, -0.1) is 11.8 Å². The van der Waals surface area contributed by atoms with Crippen LogP contribution in [-0.4, -0.2) is 45.7 Å². The van der Waals surface area contributed by atoms with Crippen LogP contribution in [0.1, 0.15) is 12.5 Å². The van der Waals surface area contributed by atoms with E-state index in [1.54, 1.807) is 22.6 Å². The molecule has 0 aliphatic carbocycles. The maximum Gasteiger partial charge on any atom is 0.148 e. The monoisotopic (exact) mass is 305 g/mol. The highest BCUT2D eigenvalue weighted by Crippen LogP contribution is 2.31. The lowest BCUT2D eigenvalue weighted by Gasteiger charge is -2.40. The molecule has 0 unspecified atom stereocenters. The number of hydrogen-bond acceptors (Lipinski definition) is 6. The molecule has 0 amide bonds. The van der Waals surface area contributed by atoms with Gasteiger partial charge in [-0.3, -0.25) is 9.67 Å². The Kier molecular flexibility index (Phi) is 3.86. The van der Waals surface area contributed by atoms with Crippen molar-refractivity contribution >= 4 is 17.6 Å². The summed E-state index contributed by atoms with van der Waals surface area (Å²) in [6.45, 7) is 4.33. The lowest BCUT2D eigenvalue weighted by atomic mass is 9.97. The molecular formula is C14H19N5OS. The predicted molar refractivity (Wildman–Crippen MR) is 82.5 cm³/mol. The van der Waals surface area contributed by atoms with Crippen molar-refractivity contribution < 1.29 is 4.74 Å².